The molecule has 0 aliphatic carbocycles. The summed E-state index contributed by atoms with van der Waals surface area (Å²) in [4.78, 5) is 34.8. The molecular weight excluding hydrogens is 290 g/mol. The second kappa shape index (κ2) is 10.3. The number of hydrogen-bond donors (Lipinski definition) is 3. The molecule has 0 saturated carbocycles. The van der Waals surface area contributed by atoms with Crippen molar-refractivity contribution in [3.63, 3.8) is 0 Å². The number of carboxylic acids is 1. The molecule has 1 heterocycles. The smallest absolute Gasteiger partial charge is 0.327 e. The van der Waals surface area contributed by atoms with E-state index in [2.05, 4.69) is 11.0 Å². The monoisotopic (exact) mass is 311 g/mol. The second-order valence-corrected chi connectivity index (χ2v) is 4.27. The molecular formula is C14H21N3O5. The van der Waals surface area contributed by atoms with Crippen LogP contribution in [-0.2, 0) is 14.4 Å². The molecule has 8 nitrogen and oxygen atoms in total. The zero-order valence-electron chi connectivity index (χ0n) is 12.3. The third-order valence-corrected chi connectivity index (χ3v) is 2.48. The molecule has 1 aromatic rings. The van der Waals surface area contributed by atoms with E-state index in [1.54, 1.807) is 12.5 Å². The predicted molar refractivity (Wildman–Crippen MR) is 79.5 cm³/mol. The summed E-state index contributed by atoms with van der Waals surface area (Å²) in [5.74, 6) is -2.85. The number of hydrogen-bond acceptors (Lipinski definition) is 6. The van der Waals surface area contributed by atoms with E-state index in [-0.39, 0.29) is 6.42 Å². The van der Waals surface area contributed by atoms with Gasteiger partial charge in [0, 0.05) is 0 Å². The Kier molecular flexibility index (Phi) is 9.15. The molecule has 1 rings (SSSR count). The standard InChI is InChI=1S/C10H17N3O4.C4H4O/c1-3-4-7(10(16)17)13(8(14)5-11)9(15)6(2)12;1-2-4-5-3-1/h3,6-7H,1,4-5,11-12H2,2H3,(H,16,17);1-4H. The molecule has 2 amide bonds. The van der Waals surface area contributed by atoms with Crippen LogP contribution in [0, 0.1) is 0 Å². The lowest BCUT2D eigenvalue weighted by Crippen LogP contribution is -2.55. The number of nitrogens with two attached hydrogens (primary N) is 2. The SMILES string of the molecule is C=CCC(C(=O)O)N(C(=O)CN)C(=O)C(C)N.c1ccoc1. The van der Waals surface area contributed by atoms with E-state index in [9.17, 15) is 14.4 Å². The minimum atomic E-state index is -1.32. The summed E-state index contributed by atoms with van der Waals surface area (Å²) in [6.07, 6.45) is 4.50. The Morgan fingerprint density at radius 3 is 2.18 bits per heavy atom. The van der Waals surface area contributed by atoms with Crippen LogP contribution < -0.4 is 11.5 Å². The van der Waals surface area contributed by atoms with E-state index in [1.165, 1.54) is 13.0 Å². The van der Waals surface area contributed by atoms with Crippen molar-refractivity contribution in [1.82, 2.24) is 4.90 Å². The number of amides is 2. The molecule has 22 heavy (non-hydrogen) atoms. The van der Waals surface area contributed by atoms with E-state index >= 15 is 0 Å². The van der Waals surface area contributed by atoms with E-state index in [0.717, 1.165) is 0 Å². The number of rotatable bonds is 6. The molecule has 0 bridgehead atoms. The Labute approximate surface area is 128 Å². The molecule has 0 saturated heterocycles. The molecule has 0 fully saturated rings. The highest BCUT2D eigenvalue weighted by molar-refractivity contribution is 6.01. The van der Waals surface area contributed by atoms with Gasteiger partial charge >= 0.3 is 5.97 Å². The first-order valence-corrected chi connectivity index (χ1v) is 6.49. The van der Waals surface area contributed by atoms with Gasteiger partial charge in [-0.05, 0) is 25.5 Å². The summed E-state index contributed by atoms with van der Waals surface area (Å²) in [5.41, 5.74) is 10.5. The van der Waals surface area contributed by atoms with Gasteiger partial charge in [-0.3, -0.25) is 14.5 Å². The Balaban J connectivity index is 0.000000734. The van der Waals surface area contributed by atoms with E-state index < -0.39 is 36.4 Å². The van der Waals surface area contributed by atoms with Gasteiger partial charge in [0.25, 0.3) is 0 Å². The van der Waals surface area contributed by atoms with Crippen LogP contribution in [0.4, 0.5) is 0 Å². The lowest BCUT2D eigenvalue weighted by molar-refractivity contribution is -0.157. The Morgan fingerprint density at radius 1 is 1.36 bits per heavy atom. The average Bonchev–Trinajstić information content (AvgIpc) is 3.05. The molecule has 2 unspecified atom stereocenters. The summed E-state index contributed by atoms with van der Waals surface area (Å²) in [7, 11) is 0. The van der Waals surface area contributed by atoms with Crippen LogP contribution in [0.1, 0.15) is 13.3 Å². The molecule has 8 heteroatoms. The Morgan fingerprint density at radius 2 is 1.91 bits per heavy atom. The zero-order valence-corrected chi connectivity index (χ0v) is 12.3. The van der Waals surface area contributed by atoms with Crippen molar-refractivity contribution >= 4 is 17.8 Å². The number of imide groups is 1. The Bertz CT molecular complexity index is 467. The first-order valence-electron chi connectivity index (χ1n) is 6.49. The minimum absolute atomic E-state index is 0.0560. The molecule has 0 aliphatic rings. The van der Waals surface area contributed by atoms with Crippen LogP contribution in [0.15, 0.2) is 41.7 Å². The quantitative estimate of drug-likeness (QED) is 0.626. The van der Waals surface area contributed by atoms with Crippen LogP contribution in [0.25, 0.3) is 0 Å². The number of furan rings is 1. The molecule has 2 atom stereocenters. The summed E-state index contributed by atoms with van der Waals surface area (Å²) < 4.78 is 4.58. The van der Waals surface area contributed by atoms with Crippen molar-refractivity contribution < 1.29 is 23.9 Å². The van der Waals surface area contributed by atoms with Gasteiger partial charge in [0.05, 0.1) is 25.1 Å². The maximum Gasteiger partial charge on any atom is 0.327 e. The molecule has 1 aromatic heterocycles. The first kappa shape index (κ1) is 19.6. The third kappa shape index (κ3) is 6.33. The van der Waals surface area contributed by atoms with E-state index in [0.29, 0.717) is 4.90 Å². The molecule has 0 aliphatic heterocycles. The van der Waals surface area contributed by atoms with Gasteiger partial charge in [0.1, 0.15) is 6.04 Å². The lowest BCUT2D eigenvalue weighted by atomic mass is 10.1. The molecule has 0 radical (unpaired) electrons. The second-order valence-electron chi connectivity index (χ2n) is 4.27. The highest BCUT2D eigenvalue weighted by atomic mass is 16.4. The summed E-state index contributed by atoms with van der Waals surface area (Å²) >= 11 is 0. The highest BCUT2D eigenvalue weighted by Gasteiger charge is 2.34. The Hall–Kier alpha value is -2.45. The summed E-state index contributed by atoms with van der Waals surface area (Å²) in [6, 6.07) is 1.37. The van der Waals surface area contributed by atoms with Crippen molar-refractivity contribution in [2.45, 2.75) is 25.4 Å². The molecule has 0 aromatic carbocycles. The van der Waals surface area contributed by atoms with Gasteiger partial charge in [-0.2, -0.15) is 0 Å². The van der Waals surface area contributed by atoms with Crippen LogP contribution in [-0.4, -0.2) is 46.4 Å². The fourth-order valence-electron chi connectivity index (χ4n) is 1.47. The van der Waals surface area contributed by atoms with Gasteiger partial charge in [-0.1, -0.05) is 6.08 Å². The van der Waals surface area contributed by atoms with Gasteiger partial charge in [0.2, 0.25) is 11.8 Å². The molecule has 0 spiro atoms. The van der Waals surface area contributed by atoms with Gasteiger partial charge in [-0.25, -0.2) is 4.79 Å². The van der Waals surface area contributed by atoms with Crippen molar-refractivity contribution in [2.24, 2.45) is 11.5 Å². The van der Waals surface area contributed by atoms with Gasteiger partial charge in [-0.15, -0.1) is 6.58 Å². The maximum absolute atomic E-state index is 11.7. The maximum atomic E-state index is 11.7. The molecule has 5 N–H and O–H groups in total. The summed E-state index contributed by atoms with van der Waals surface area (Å²) in [6.45, 7) is 4.29. The first-order chi connectivity index (χ1) is 10.4. The third-order valence-electron chi connectivity index (χ3n) is 2.48. The van der Waals surface area contributed by atoms with Crippen LogP contribution >= 0.6 is 0 Å². The fraction of sp³-hybridized carbons (Fsp3) is 0.357. The molecule has 122 valence electrons. The van der Waals surface area contributed by atoms with E-state index in [4.69, 9.17) is 16.6 Å². The zero-order chi connectivity index (χ0) is 17.1. The predicted octanol–water partition coefficient (Wildman–Crippen LogP) is -0.0436. The van der Waals surface area contributed by atoms with Crippen molar-refractivity contribution in [1.29, 1.82) is 0 Å². The summed E-state index contributed by atoms with van der Waals surface area (Å²) in [5, 5.41) is 8.97. The number of carbonyl (C=O) groups excluding carboxylic acids is 2. The van der Waals surface area contributed by atoms with Crippen molar-refractivity contribution in [2.75, 3.05) is 6.54 Å². The normalized spacial score (nSPS) is 12.3. The average molecular weight is 311 g/mol. The van der Waals surface area contributed by atoms with Gasteiger partial charge < -0.3 is 21.0 Å². The number of nitrogens with zero attached hydrogens (tertiary/aromatic N) is 1. The topological polar surface area (TPSA) is 140 Å². The number of carboxylic acid groups (broad SMARTS) is 1. The van der Waals surface area contributed by atoms with Crippen molar-refractivity contribution in [3.05, 3.63) is 37.3 Å². The van der Waals surface area contributed by atoms with Crippen LogP contribution in [0.2, 0.25) is 0 Å². The lowest BCUT2D eigenvalue weighted by Gasteiger charge is -2.27. The highest BCUT2D eigenvalue weighted by Crippen LogP contribution is 2.08. The van der Waals surface area contributed by atoms with Gasteiger partial charge in [0.15, 0.2) is 0 Å². The van der Waals surface area contributed by atoms with E-state index in [1.807, 2.05) is 12.1 Å². The van der Waals surface area contributed by atoms with Crippen LogP contribution in [0.5, 0.6) is 0 Å². The van der Waals surface area contributed by atoms with Crippen molar-refractivity contribution in [3.8, 4) is 0 Å². The fourth-order valence-corrected chi connectivity index (χ4v) is 1.47. The number of carbonyl (C=O) groups is 3. The number of aliphatic carboxylic acids is 1. The van der Waals surface area contributed by atoms with Crippen LogP contribution in [0.3, 0.4) is 0 Å². The largest absolute Gasteiger partial charge is 0.480 e. The minimum Gasteiger partial charge on any atom is -0.480 e.